The van der Waals surface area contributed by atoms with Gasteiger partial charge in [0.05, 0.1) is 46.7 Å². The summed E-state index contributed by atoms with van der Waals surface area (Å²) < 4.78 is 14.1. The number of phenols is 2. The number of anilines is 2. The van der Waals surface area contributed by atoms with Gasteiger partial charge in [0, 0.05) is 51.7 Å². The molecule has 94 heavy (non-hydrogen) atoms. The molecule has 10 rings (SSSR count). The minimum Gasteiger partial charge on any atom is -0.504 e. The van der Waals surface area contributed by atoms with E-state index in [9.17, 15) is 48.6 Å². The van der Waals surface area contributed by atoms with E-state index >= 15 is 0 Å². The molecule has 0 bridgehead atoms. The van der Waals surface area contributed by atoms with E-state index in [0.29, 0.717) is 97.9 Å². The van der Waals surface area contributed by atoms with Crippen molar-refractivity contribution < 1.29 is 34.1 Å². The Bertz CT molecular complexity index is 4610. The molecule has 5 aromatic rings. The van der Waals surface area contributed by atoms with Gasteiger partial charge in [-0.3, -0.25) is 38.7 Å². The second kappa shape index (κ2) is 32.5. The maximum atomic E-state index is 12.5. The van der Waals surface area contributed by atoms with E-state index < -0.39 is 22.5 Å². The number of esters is 2. The van der Waals surface area contributed by atoms with Crippen LogP contribution in [0.15, 0.2) is 83.6 Å². The minimum absolute atomic E-state index is 0.162. The van der Waals surface area contributed by atoms with Gasteiger partial charge < -0.3 is 38.7 Å². The number of aromatic amines is 3. The number of Topliss-reactive ketones (excluding diaryl/α,β-unsaturated/α-hetero) is 1. The zero-order chi connectivity index (χ0) is 67.8. The van der Waals surface area contributed by atoms with Crippen molar-refractivity contribution in [3.63, 3.8) is 0 Å². The van der Waals surface area contributed by atoms with Gasteiger partial charge in [0.2, 0.25) is 0 Å². The number of aromatic nitrogens is 10. The lowest BCUT2D eigenvalue weighted by atomic mass is 10.1. The van der Waals surface area contributed by atoms with Crippen LogP contribution in [0.1, 0.15) is 156 Å². The molecule has 0 amide bonds. The predicted molar refractivity (Wildman–Crippen MR) is 360 cm³/mol. The Balaban J connectivity index is 0.000000183. The van der Waals surface area contributed by atoms with Crippen LogP contribution >= 0.6 is 0 Å². The van der Waals surface area contributed by atoms with E-state index in [1.807, 2.05) is 85.9 Å². The van der Waals surface area contributed by atoms with E-state index in [4.69, 9.17) is 9.47 Å². The molecule has 6 heterocycles. The van der Waals surface area contributed by atoms with E-state index in [0.717, 1.165) is 144 Å². The van der Waals surface area contributed by atoms with E-state index in [2.05, 4.69) is 64.4 Å². The summed E-state index contributed by atoms with van der Waals surface area (Å²) in [5, 5.41) is 19.2. The first kappa shape index (κ1) is 69.9. The second-order valence-electron chi connectivity index (χ2n) is 23.8. The average molecular weight is 1290 g/mol. The Hall–Kier alpha value is -10.0. The number of hydrogen-bond donors (Lipinski definition) is 5. The van der Waals surface area contributed by atoms with Crippen LogP contribution < -0.4 is 43.8 Å². The fourth-order valence-corrected chi connectivity index (χ4v) is 11.1. The molecule has 24 nitrogen and oxygen atoms in total. The number of carbonyl (C=O) groups excluding carboxylic acids is 3. The molecule has 1 aromatic heterocycles. The number of aromatic hydroxyl groups is 2. The summed E-state index contributed by atoms with van der Waals surface area (Å²) in [4.78, 5) is 131. The molecule has 5 aliphatic rings. The van der Waals surface area contributed by atoms with Crippen LogP contribution in [0, 0.1) is 41.5 Å². The highest BCUT2D eigenvalue weighted by molar-refractivity contribution is 5.83. The summed E-state index contributed by atoms with van der Waals surface area (Å²) in [5.41, 5.74) is 10.2. The second-order valence-corrected chi connectivity index (χ2v) is 23.8. The van der Waals surface area contributed by atoms with Crippen LogP contribution in [0.4, 0.5) is 17.2 Å². The lowest BCUT2D eigenvalue weighted by molar-refractivity contribution is -0.144. The highest BCUT2D eigenvalue weighted by Gasteiger charge is 2.25. The summed E-state index contributed by atoms with van der Waals surface area (Å²) >= 11 is 0. The quantitative estimate of drug-likeness (QED) is 0.0146. The number of hydrogen-bond acceptors (Lipinski definition) is 19. The van der Waals surface area contributed by atoms with Gasteiger partial charge in [-0.25, -0.2) is 29.5 Å². The van der Waals surface area contributed by atoms with Gasteiger partial charge in [0.25, 0.3) is 16.7 Å². The number of rotatable bonds is 26. The van der Waals surface area contributed by atoms with Gasteiger partial charge in [-0.05, 0) is 174 Å². The smallest absolute Gasteiger partial charge is 0.349 e. The van der Waals surface area contributed by atoms with Crippen molar-refractivity contribution in [2.75, 3.05) is 24.7 Å². The molecule has 0 saturated carbocycles. The van der Waals surface area contributed by atoms with E-state index in [1.165, 1.54) is 12.1 Å². The summed E-state index contributed by atoms with van der Waals surface area (Å²) in [6.45, 7) is 22.1. The van der Waals surface area contributed by atoms with Crippen molar-refractivity contribution in [3.8, 4) is 34.5 Å². The first-order chi connectivity index (χ1) is 45.0. The number of carbonyl (C=O) groups is 3. The summed E-state index contributed by atoms with van der Waals surface area (Å²) in [5.74, 6) is 0.687. The predicted octanol–water partition coefficient (Wildman–Crippen LogP) is 9.19. The molecule has 24 heteroatoms. The largest absolute Gasteiger partial charge is 0.504 e. The lowest BCUT2D eigenvalue weighted by Crippen LogP contribution is -2.42. The van der Waals surface area contributed by atoms with Crippen molar-refractivity contribution in [2.45, 2.75) is 178 Å². The molecule has 5 N–H and O–H groups in total. The third-order valence-electron chi connectivity index (χ3n) is 16.7. The first-order valence-electron chi connectivity index (χ1n) is 32.3. The number of ketones is 1. The molecule has 4 aromatic carbocycles. The molecule has 0 saturated heterocycles. The summed E-state index contributed by atoms with van der Waals surface area (Å²) in [7, 11) is 0. The third-order valence-corrected chi connectivity index (χ3v) is 16.7. The van der Waals surface area contributed by atoms with Gasteiger partial charge in [-0.15, -0.1) is 0 Å². The van der Waals surface area contributed by atoms with Crippen molar-refractivity contribution in [2.24, 2.45) is 4.99 Å². The number of H-pyrrole nitrogens is 3. The Kier molecular flexibility index (Phi) is 24.2. The number of nitrogens with zero attached hydrogens (tertiary/aromatic N) is 9. The van der Waals surface area contributed by atoms with Gasteiger partial charge in [0.1, 0.15) is 11.3 Å². The van der Waals surface area contributed by atoms with Gasteiger partial charge in [-0.2, -0.15) is 9.97 Å². The van der Waals surface area contributed by atoms with Crippen LogP contribution in [0.3, 0.4) is 0 Å². The van der Waals surface area contributed by atoms with Gasteiger partial charge in [-0.1, -0.05) is 58.1 Å². The fourth-order valence-electron chi connectivity index (χ4n) is 11.1. The molecule has 5 aliphatic heterocycles. The van der Waals surface area contributed by atoms with Crippen molar-refractivity contribution in [1.82, 2.24) is 49.0 Å². The molecule has 0 aliphatic carbocycles. The number of benzene rings is 4. The van der Waals surface area contributed by atoms with Crippen LogP contribution in [-0.2, 0) is 43.4 Å². The number of phenolic OH excluding ortho intramolecular Hbond substituents is 2. The van der Waals surface area contributed by atoms with E-state index in [1.54, 1.807) is 13.0 Å². The lowest BCUT2D eigenvalue weighted by Gasteiger charge is -2.28. The summed E-state index contributed by atoms with van der Waals surface area (Å²) in [6, 6.07) is 16.6. The monoisotopic (exact) mass is 1280 g/mol. The highest BCUT2D eigenvalue weighted by Crippen LogP contribution is 2.37. The normalized spacial score (nSPS) is 11.6. The van der Waals surface area contributed by atoms with Gasteiger partial charge in [0.15, 0.2) is 45.7 Å². The van der Waals surface area contributed by atoms with Gasteiger partial charge >= 0.3 is 23.3 Å². The number of ether oxygens (including phenoxy) is 2. The molecular formula is C70H84N12O12. The van der Waals surface area contributed by atoms with Crippen LogP contribution in [0.5, 0.6) is 11.5 Å². The molecule has 0 fully saturated rings. The van der Waals surface area contributed by atoms with E-state index in [-0.39, 0.29) is 47.0 Å². The molecule has 0 unspecified atom stereocenters. The Labute approximate surface area is 542 Å². The van der Waals surface area contributed by atoms with Crippen LogP contribution in [0.25, 0.3) is 51.7 Å². The van der Waals surface area contributed by atoms with Crippen molar-refractivity contribution in [3.05, 3.63) is 156 Å². The molecular weight excluding hydrogens is 1200 g/mol. The van der Waals surface area contributed by atoms with Crippen molar-refractivity contribution >= 4 is 63.6 Å². The highest BCUT2D eigenvalue weighted by atomic mass is 16.5. The number of aryl methyl sites for hydroxylation is 8. The zero-order valence-electron chi connectivity index (χ0n) is 55.0. The number of nitrogens with one attached hydrogen (secondary N) is 3. The molecule has 0 spiro atoms. The van der Waals surface area contributed by atoms with Crippen molar-refractivity contribution in [1.29, 1.82) is 0 Å². The van der Waals surface area contributed by atoms with Crippen LogP contribution in [0.2, 0.25) is 0 Å². The first-order valence-corrected chi connectivity index (χ1v) is 32.3. The molecule has 0 atom stereocenters. The van der Waals surface area contributed by atoms with Crippen LogP contribution in [-0.4, -0.2) is 96.7 Å². The maximum absolute atomic E-state index is 12.5. The number of unbranched alkanes of at least 4 members (excludes halogenated alkanes) is 9. The number of fused-ring (bicyclic) bond motifs is 6. The Morgan fingerprint density at radius 1 is 0.521 bits per heavy atom. The zero-order valence-corrected chi connectivity index (χ0v) is 55.0. The molecule has 0 radical (unpaired) electrons. The molecule has 496 valence electrons. The minimum atomic E-state index is -0.671. The Morgan fingerprint density at radius 2 is 1.01 bits per heavy atom. The maximum Gasteiger partial charge on any atom is 0.349 e. The fraction of sp³-hybridized carbons (Fsp3) is 0.429. The standard InChI is InChI=1S/C28H32N4O5.C21H26N4O4.C21H26N4O3/c1-17-14-21-22(15-18(17)2)32(27-26(31-21)28(36)30-19(3)29-27)12-7-5-4-6-8-25(35)37-13-11-20-9-10-23(33)24(34)16-20;1-4-29-17(26)9-7-5-6-8-10-25-16-12-14(3)13(2)11-15(16)22-18-19(25)23-21(28)24-20(18)27;1-4-15(26)9-7-5-6-8-10-25-17-12-14(3)13(2)11-16(17)22-18-19(25)23-21(28)24-20(18)27/h9-10,14-16,33-34H,3-8,11-13H2,1-2H3,(H,30,36);11-12H,4-10H2,1-3H3,(H,24,27,28);11-12H,4-10H2,1-3H3,(H,24,27,28). The topological polar surface area (TPSA) is 333 Å². The average Bonchev–Trinajstić information content (AvgIpc) is 0.775. The summed E-state index contributed by atoms with van der Waals surface area (Å²) in [6.07, 6.45) is 13.0. The third kappa shape index (κ3) is 18.0. The SMILES string of the molecule is C=c1nc2c(c(=O)[nH]1)=Nc1cc(C)c(C)cc1N2CCCCCCC(=O)OCCc1ccc(O)c(O)c1.CCC(=O)CCCCCCn1c2nc(=O)[nH]c(=O)c-2nc2cc(C)c(C)cc21.CCOC(=O)CCCCCCn1c2nc(=O)[nH]c(=O)c-2nc2cc(C)c(C)cc21. The Morgan fingerprint density at radius 3 is 1.54 bits per heavy atom.